The van der Waals surface area contributed by atoms with Crippen LogP contribution in [0.5, 0.6) is 0 Å². The van der Waals surface area contributed by atoms with E-state index < -0.39 is 9.05 Å². The maximum absolute atomic E-state index is 11.3. The SMILES string of the molecule is CCc1nc2c(S(=O)(=O)Cl)cccc2[nH]1. The number of halogens is 1. The van der Waals surface area contributed by atoms with Crippen LogP contribution in [0.2, 0.25) is 0 Å². The summed E-state index contributed by atoms with van der Waals surface area (Å²) >= 11 is 0. The van der Waals surface area contributed by atoms with Gasteiger partial charge in [0, 0.05) is 17.1 Å². The van der Waals surface area contributed by atoms with E-state index in [1.54, 1.807) is 12.1 Å². The Hall–Kier alpha value is -1.07. The third kappa shape index (κ3) is 1.85. The second-order valence-corrected chi connectivity index (χ2v) is 5.66. The smallest absolute Gasteiger partial charge is 0.263 e. The van der Waals surface area contributed by atoms with Crippen LogP contribution in [0, 0.1) is 0 Å². The molecule has 0 aliphatic heterocycles. The van der Waals surface area contributed by atoms with Gasteiger partial charge in [-0.1, -0.05) is 13.0 Å². The van der Waals surface area contributed by atoms with Crippen molar-refractivity contribution in [2.45, 2.75) is 18.2 Å². The number of H-pyrrole nitrogens is 1. The molecule has 1 aromatic heterocycles. The van der Waals surface area contributed by atoms with E-state index in [1.807, 2.05) is 6.92 Å². The van der Waals surface area contributed by atoms with E-state index in [4.69, 9.17) is 10.7 Å². The molecule has 0 atom stereocenters. The Morgan fingerprint density at radius 2 is 2.20 bits per heavy atom. The van der Waals surface area contributed by atoms with Crippen molar-refractivity contribution in [1.29, 1.82) is 0 Å². The number of aryl methyl sites for hydroxylation is 1. The number of imidazole rings is 1. The Morgan fingerprint density at radius 1 is 1.47 bits per heavy atom. The zero-order valence-electron chi connectivity index (χ0n) is 7.99. The summed E-state index contributed by atoms with van der Waals surface area (Å²) in [6.45, 7) is 1.94. The summed E-state index contributed by atoms with van der Waals surface area (Å²) in [5.41, 5.74) is 1.10. The Morgan fingerprint density at radius 3 is 2.80 bits per heavy atom. The number of aromatic nitrogens is 2. The molecule has 1 heterocycles. The van der Waals surface area contributed by atoms with Gasteiger partial charge in [-0.2, -0.15) is 0 Å². The van der Waals surface area contributed by atoms with E-state index in [-0.39, 0.29) is 4.90 Å². The first-order valence-corrected chi connectivity index (χ1v) is 6.75. The summed E-state index contributed by atoms with van der Waals surface area (Å²) in [5, 5.41) is 0. The van der Waals surface area contributed by atoms with Gasteiger partial charge in [-0.3, -0.25) is 0 Å². The fourth-order valence-electron chi connectivity index (χ4n) is 1.42. The van der Waals surface area contributed by atoms with E-state index in [0.29, 0.717) is 11.0 Å². The molecule has 1 aromatic carbocycles. The molecule has 0 saturated heterocycles. The van der Waals surface area contributed by atoms with Crippen LogP contribution in [-0.4, -0.2) is 18.4 Å². The lowest BCUT2D eigenvalue weighted by molar-refractivity contribution is 0.610. The van der Waals surface area contributed by atoms with E-state index in [2.05, 4.69) is 9.97 Å². The quantitative estimate of drug-likeness (QED) is 0.823. The zero-order chi connectivity index (χ0) is 11.1. The maximum Gasteiger partial charge on any atom is 0.263 e. The van der Waals surface area contributed by atoms with Gasteiger partial charge < -0.3 is 4.98 Å². The van der Waals surface area contributed by atoms with Crippen molar-refractivity contribution < 1.29 is 8.42 Å². The minimum absolute atomic E-state index is 0.0533. The number of nitrogens with one attached hydrogen (secondary N) is 1. The molecule has 0 saturated carbocycles. The average molecular weight is 245 g/mol. The summed E-state index contributed by atoms with van der Waals surface area (Å²) in [7, 11) is 1.57. The standard InChI is InChI=1S/C9H9ClN2O2S/c1-2-8-11-6-4-3-5-7(9(6)12-8)15(10,13)14/h3-5H,2H2,1H3,(H,11,12). The van der Waals surface area contributed by atoms with Crippen LogP contribution in [0.15, 0.2) is 23.1 Å². The van der Waals surface area contributed by atoms with E-state index in [0.717, 1.165) is 12.2 Å². The second-order valence-electron chi connectivity index (χ2n) is 3.13. The summed E-state index contributed by atoms with van der Waals surface area (Å²) in [5.74, 6) is 0.748. The number of hydrogen-bond donors (Lipinski definition) is 1. The zero-order valence-corrected chi connectivity index (χ0v) is 9.56. The lowest BCUT2D eigenvalue weighted by atomic mass is 10.3. The summed E-state index contributed by atoms with van der Waals surface area (Å²) in [4.78, 5) is 7.26. The second kappa shape index (κ2) is 3.50. The molecule has 80 valence electrons. The van der Waals surface area contributed by atoms with Crippen molar-refractivity contribution in [2.75, 3.05) is 0 Å². The Kier molecular flexibility index (Phi) is 2.44. The van der Waals surface area contributed by atoms with Crippen LogP contribution in [0.1, 0.15) is 12.7 Å². The first-order chi connectivity index (χ1) is 7.02. The van der Waals surface area contributed by atoms with Gasteiger partial charge in [0.25, 0.3) is 9.05 Å². The predicted molar refractivity (Wildman–Crippen MR) is 58.5 cm³/mol. The van der Waals surface area contributed by atoms with Gasteiger partial charge in [0.05, 0.1) is 5.52 Å². The van der Waals surface area contributed by atoms with Gasteiger partial charge in [-0.05, 0) is 12.1 Å². The number of aromatic amines is 1. The van der Waals surface area contributed by atoms with Crippen LogP contribution in [0.3, 0.4) is 0 Å². The Labute approximate surface area is 91.7 Å². The third-order valence-electron chi connectivity index (χ3n) is 2.12. The van der Waals surface area contributed by atoms with Crippen LogP contribution in [-0.2, 0) is 15.5 Å². The number of fused-ring (bicyclic) bond motifs is 1. The Bertz CT molecular complexity index is 604. The Balaban J connectivity index is 2.81. The van der Waals surface area contributed by atoms with Crippen LogP contribution < -0.4 is 0 Å². The largest absolute Gasteiger partial charge is 0.342 e. The van der Waals surface area contributed by atoms with Crippen molar-refractivity contribution in [3.8, 4) is 0 Å². The number of hydrogen-bond acceptors (Lipinski definition) is 3. The van der Waals surface area contributed by atoms with Crippen molar-refractivity contribution in [3.63, 3.8) is 0 Å². The van der Waals surface area contributed by atoms with Gasteiger partial charge in [-0.25, -0.2) is 13.4 Å². The molecule has 0 bridgehead atoms. The molecule has 0 aliphatic carbocycles. The van der Waals surface area contributed by atoms with Crippen molar-refractivity contribution in [1.82, 2.24) is 9.97 Å². The number of nitrogens with zero attached hydrogens (tertiary/aromatic N) is 1. The molecular weight excluding hydrogens is 236 g/mol. The molecule has 15 heavy (non-hydrogen) atoms. The lowest BCUT2D eigenvalue weighted by Gasteiger charge is -1.95. The minimum atomic E-state index is -3.73. The third-order valence-corrected chi connectivity index (χ3v) is 3.48. The van der Waals surface area contributed by atoms with E-state index in [9.17, 15) is 8.42 Å². The molecule has 4 nitrogen and oxygen atoms in total. The topological polar surface area (TPSA) is 62.8 Å². The highest BCUT2D eigenvalue weighted by Crippen LogP contribution is 2.23. The first-order valence-electron chi connectivity index (χ1n) is 4.44. The molecule has 0 aliphatic rings. The average Bonchev–Trinajstić information content (AvgIpc) is 2.57. The number of rotatable bonds is 2. The highest BCUT2D eigenvalue weighted by Gasteiger charge is 2.16. The predicted octanol–water partition coefficient (Wildman–Crippen LogP) is 2.05. The summed E-state index contributed by atoms with van der Waals surface area (Å²) in [6, 6.07) is 4.85. The van der Waals surface area contributed by atoms with Gasteiger partial charge >= 0.3 is 0 Å². The minimum Gasteiger partial charge on any atom is -0.342 e. The molecule has 0 radical (unpaired) electrons. The van der Waals surface area contributed by atoms with Crippen LogP contribution in [0.25, 0.3) is 11.0 Å². The van der Waals surface area contributed by atoms with Crippen LogP contribution >= 0.6 is 10.7 Å². The molecule has 2 rings (SSSR count). The lowest BCUT2D eigenvalue weighted by Crippen LogP contribution is -1.91. The van der Waals surface area contributed by atoms with Gasteiger partial charge in [0.1, 0.15) is 16.2 Å². The monoisotopic (exact) mass is 244 g/mol. The normalized spacial score (nSPS) is 12.1. The molecule has 6 heteroatoms. The highest BCUT2D eigenvalue weighted by atomic mass is 35.7. The molecule has 0 amide bonds. The molecule has 0 fully saturated rings. The highest BCUT2D eigenvalue weighted by molar-refractivity contribution is 8.14. The first kappa shape index (κ1) is 10.4. The summed E-state index contributed by atoms with van der Waals surface area (Å²) in [6.07, 6.45) is 0.719. The molecular formula is C9H9ClN2O2S. The van der Waals surface area contributed by atoms with Gasteiger partial charge in [0.2, 0.25) is 0 Å². The number of benzene rings is 1. The fourth-order valence-corrected chi connectivity index (χ4v) is 2.42. The van der Waals surface area contributed by atoms with Gasteiger partial charge in [0.15, 0.2) is 0 Å². The van der Waals surface area contributed by atoms with Gasteiger partial charge in [-0.15, -0.1) is 0 Å². The van der Waals surface area contributed by atoms with E-state index in [1.165, 1.54) is 6.07 Å². The molecule has 2 aromatic rings. The van der Waals surface area contributed by atoms with Crippen molar-refractivity contribution in [2.24, 2.45) is 0 Å². The van der Waals surface area contributed by atoms with Crippen molar-refractivity contribution in [3.05, 3.63) is 24.0 Å². The number of para-hydroxylation sites is 1. The van der Waals surface area contributed by atoms with Crippen molar-refractivity contribution >= 4 is 30.8 Å². The molecule has 1 N–H and O–H groups in total. The van der Waals surface area contributed by atoms with Crippen LogP contribution in [0.4, 0.5) is 0 Å². The van der Waals surface area contributed by atoms with E-state index >= 15 is 0 Å². The fraction of sp³-hybridized carbons (Fsp3) is 0.222. The molecule has 0 spiro atoms. The summed E-state index contributed by atoms with van der Waals surface area (Å²) < 4.78 is 22.5. The molecule has 0 unspecified atom stereocenters. The maximum atomic E-state index is 11.3.